The molecule has 152 valence electrons. The number of hydrogen-bond acceptors (Lipinski definition) is 6. The Balaban J connectivity index is 1.85. The van der Waals surface area contributed by atoms with E-state index in [1.54, 1.807) is 22.9 Å². The van der Waals surface area contributed by atoms with E-state index >= 15 is 0 Å². The molecule has 8 nitrogen and oxygen atoms in total. The second-order valence-electron chi connectivity index (χ2n) is 6.67. The van der Waals surface area contributed by atoms with E-state index in [2.05, 4.69) is 15.1 Å². The van der Waals surface area contributed by atoms with Gasteiger partial charge in [-0.2, -0.15) is 5.10 Å². The summed E-state index contributed by atoms with van der Waals surface area (Å²) >= 11 is 0. The average Bonchev–Trinajstić information content (AvgIpc) is 3.08. The molecular formula is C21H19FN6O2. The van der Waals surface area contributed by atoms with Crippen LogP contribution in [0.15, 0.2) is 54.6 Å². The summed E-state index contributed by atoms with van der Waals surface area (Å²) in [6.07, 6.45) is -1.07. The van der Waals surface area contributed by atoms with Crippen LogP contribution < -0.4 is 11.5 Å². The van der Waals surface area contributed by atoms with Crippen LogP contribution in [0.25, 0.3) is 22.4 Å². The van der Waals surface area contributed by atoms with Gasteiger partial charge in [-0.1, -0.05) is 36.4 Å². The fourth-order valence-electron chi connectivity index (χ4n) is 3.31. The van der Waals surface area contributed by atoms with Gasteiger partial charge in [-0.05, 0) is 12.1 Å². The first-order valence-electron chi connectivity index (χ1n) is 9.14. The maximum atomic E-state index is 14.2. The molecule has 2 aromatic carbocycles. The Morgan fingerprint density at radius 1 is 1.17 bits per heavy atom. The lowest BCUT2D eigenvalue weighted by molar-refractivity contribution is -0.128. The molecule has 0 aliphatic carbocycles. The van der Waals surface area contributed by atoms with Crippen molar-refractivity contribution in [3.8, 4) is 11.5 Å². The second-order valence-corrected chi connectivity index (χ2v) is 6.67. The van der Waals surface area contributed by atoms with Gasteiger partial charge in [0.15, 0.2) is 11.9 Å². The number of amides is 1. The van der Waals surface area contributed by atoms with Crippen molar-refractivity contribution < 1.29 is 13.9 Å². The summed E-state index contributed by atoms with van der Waals surface area (Å²) in [6, 6.07) is 15.4. The molecule has 1 atom stereocenters. The van der Waals surface area contributed by atoms with E-state index in [4.69, 9.17) is 16.2 Å². The zero-order valence-electron chi connectivity index (χ0n) is 16.1. The van der Waals surface area contributed by atoms with Crippen LogP contribution in [0, 0.1) is 5.82 Å². The van der Waals surface area contributed by atoms with Gasteiger partial charge >= 0.3 is 0 Å². The molecule has 2 aromatic heterocycles. The molecule has 4 rings (SSSR count). The third kappa shape index (κ3) is 3.58. The standard InChI is InChI=1S/C21H19FN6O2/c1-30-19(20(24)29)15-10-17(23)26-21(25-15)18-13-7-3-5-9-16(13)28(27-18)11-12-6-2-4-8-14(12)22/h2-10,19H,11H2,1H3,(H2,24,29)(H2,23,25,26). The number of anilines is 1. The van der Waals surface area contributed by atoms with Crippen molar-refractivity contribution in [1.82, 2.24) is 19.7 Å². The topological polar surface area (TPSA) is 122 Å². The van der Waals surface area contributed by atoms with Crippen LogP contribution in [0.4, 0.5) is 10.2 Å². The summed E-state index contributed by atoms with van der Waals surface area (Å²) < 4.78 is 21.0. The molecule has 1 unspecified atom stereocenters. The summed E-state index contributed by atoms with van der Waals surface area (Å²) in [5, 5.41) is 5.38. The molecule has 0 fully saturated rings. The molecule has 30 heavy (non-hydrogen) atoms. The highest BCUT2D eigenvalue weighted by atomic mass is 19.1. The molecule has 0 saturated heterocycles. The fraction of sp³-hybridized carbons (Fsp3) is 0.143. The Kier molecular flexibility index (Phi) is 5.11. The van der Waals surface area contributed by atoms with Crippen molar-refractivity contribution in [3.05, 3.63) is 71.7 Å². The zero-order valence-corrected chi connectivity index (χ0v) is 16.1. The van der Waals surface area contributed by atoms with Crippen molar-refractivity contribution >= 4 is 22.6 Å². The molecule has 1 amide bonds. The minimum absolute atomic E-state index is 0.144. The Morgan fingerprint density at radius 3 is 2.63 bits per heavy atom. The molecule has 4 aromatic rings. The van der Waals surface area contributed by atoms with Crippen LogP contribution in [0.5, 0.6) is 0 Å². The lowest BCUT2D eigenvalue weighted by atomic mass is 10.1. The van der Waals surface area contributed by atoms with Gasteiger partial charge < -0.3 is 16.2 Å². The van der Waals surface area contributed by atoms with Crippen LogP contribution in [0.2, 0.25) is 0 Å². The monoisotopic (exact) mass is 406 g/mol. The third-order valence-corrected chi connectivity index (χ3v) is 4.68. The van der Waals surface area contributed by atoms with Gasteiger partial charge in [0.25, 0.3) is 5.91 Å². The Morgan fingerprint density at radius 2 is 1.90 bits per heavy atom. The highest BCUT2D eigenvalue weighted by molar-refractivity contribution is 5.92. The van der Waals surface area contributed by atoms with Crippen molar-refractivity contribution in [2.24, 2.45) is 5.73 Å². The summed E-state index contributed by atoms with van der Waals surface area (Å²) in [5.41, 5.74) is 13.3. The highest BCUT2D eigenvalue weighted by Crippen LogP contribution is 2.28. The summed E-state index contributed by atoms with van der Waals surface area (Å²) in [5.74, 6) is -0.648. The van der Waals surface area contributed by atoms with Crippen molar-refractivity contribution in [1.29, 1.82) is 0 Å². The number of hydrogen-bond donors (Lipinski definition) is 2. The van der Waals surface area contributed by atoms with E-state index in [0.29, 0.717) is 11.3 Å². The molecule has 4 N–H and O–H groups in total. The lowest BCUT2D eigenvalue weighted by Crippen LogP contribution is -2.24. The van der Waals surface area contributed by atoms with E-state index in [9.17, 15) is 9.18 Å². The van der Waals surface area contributed by atoms with Gasteiger partial charge in [-0.15, -0.1) is 0 Å². The number of ether oxygens (including phenoxy) is 1. The molecule has 9 heteroatoms. The lowest BCUT2D eigenvalue weighted by Gasteiger charge is -2.12. The Labute approximate surface area is 171 Å². The number of carbonyl (C=O) groups is 1. The highest BCUT2D eigenvalue weighted by Gasteiger charge is 2.22. The molecular weight excluding hydrogens is 387 g/mol. The first-order chi connectivity index (χ1) is 14.5. The second kappa shape index (κ2) is 7.88. The molecule has 0 bridgehead atoms. The fourth-order valence-corrected chi connectivity index (χ4v) is 3.31. The SMILES string of the molecule is COC(C(N)=O)c1cc(N)nc(-c2nn(Cc3ccccc3F)c3ccccc23)n1. The normalized spacial score (nSPS) is 12.2. The predicted molar refractivity (Wildman–Crippen MR) is 110 cm³/mol. The van der Waals surface area contributed by atoms with E-state index < -0.39 is 12.0 Å². The Bertz CT molecular complexity index is 1240. The van der Waals surface area contributed by atoms with Gasteiger partial charge in [0, 0.05) is 24.1 Å². The molecule has 0 aliphatic rings. The predicted octanol–water partition coefficient (Wildman–Crippen LogP) is 2.44. The number of benzene rings is 2. The molecule has 0 saturated carbocycles. The minimum Gasteiger partial charge on any atom is -0.384 e. The quantitative estimate of drug-likeness (QED) is 0.507. The van der Waals surface area contributed by atoms with Crippen molar-refractivity contribution in [2.45, 2.75) is 12.6 Å². The third-order valence-electron chi connectivity index (χ3n) is 4.68. The number of aromatic nitrogens is 4. The smallest absolute Gasteiger partial charge is 0.252 e. The number of carbonyl (C=O) groups excluding carboxylic acids is 1. The molecule has 0 aliphatic heterocycles. The van der Waals surface area contributed by atoms with E-state index in [1.165, 1.54) is 19.2 Å². The zero-order chi connectivity index (χ0) is 21.3. The maximum Gasteiger partial charge on any atom is 0.252 e. The first kappa shape index (κ1) is 19.5. The maximum absolute atomic E-state index is 14.2. The first-order valence-corrected chi connectivity index (χ1v) is 9.14. The number of halogens is 1. The molecule has 0 radical (unpaired) electrons. The van der Waals surface area contributed by atoms with Crippen LogP contribution in [-0.2, 0) is 16.1 Å². The number of rotatable bonds is 6. The number of methoxy groups -OCH3 is 1. The van der Waals surface area contributed by atoms with Crippen LogP contribution in [0.1, 0.15) is 17.4 Å². The molecule has 0 spiro atoms. The number of para-hydroxylation sites is 1. The van der Waals surface area contributed by atoms with Crippen LogP contribution in [0.3, 0.4) is 0 Å². The largest absolute Gasteiger partial charge is 0.384 e. The molecule has 2 heterocycles. The number of nitrogens with zero attached hydrogens (tertiary/aromatic N) is 4. The van der Waals surface area contributed by atoms with Crippen LogP contribution >= 0.6 is 0 Å². The number of nitrogens with two attached hydrogens (primary N) is 2. The summed E-state index contributed by atoms with van der Waals surface area (Å²) in [4.78, 5) is 20.4. The van der Waals surface area contributed by atoms with Gasteiger partial charge in [0.2, 0.25) is 0 Å². The Hall–Kier alpha value is -3.85. The van der Waals surface area contributed by atoms with Gasteiger partial charge in [0.1, 0.15) is 17.3 Å². The van der Waals surface area contributed by atoms with Gasteiger partial charge in [-0.3, -0.25) is 9.48 Å². The van der Waals surface area contributed by atoms with E-state index in [1.807, 2.05) is 24.3 Å². The van der Waals surface area contributed by atoms with Crippen molar-refractivity contribution in [2.75, 3.05) is 12.8 Å². The number of fused-ring (bicyclic) bond motifs is 1. The minimum atomic E-state index is -1.07. The van der Waals surface area contributed by atoms with Gasteiger partial charge in [-0.25, -0.2) is 14.4 Å². The number of primary amides is 1. The van der Waals surface area contributed by atoms with Crippen LogP contribution in [-0.4, -0.2) is 32.8 Å². The van der Waals surface area contributed by atoms with Crippen molar-refractivity contribution in [3.63, 3.8) is 0 Å². The van der Waals surface area contributed by atoms with Gasteiger partial charge in [0.05, 0.1) is 17.8 Å². The summed E-state index contributed by atoms with van der Waals surface area (Å²) in [6.45, 7) is 0.227. The van der Waals surface area contributed by atoms with E-state index in [-0.39, 0.29) is 29.7 Å². The summed E-state index contributed by atoms with van der Waals surface area (Å²) in [7, 11) is 1.35. The van der Waals surface area contributed by atoms with E-state index in [0.717, 1.165) is 10.9 Å². The average molecular weight is 406 g/mol. The number of nitrogen functional groups attached to an aromatic ring is 1.